The average molecular weight is 206 g/mol. The predicted octanol–water partition coefficient (Wildman–Crippen LogP) is 3.43. The zero-order chi connectivity index (χ0) is 9.97. The maximum atomic E-state index is 5.73. The van der Waals surface area contributed by atoms with Gasteiger partial charge in [0, 0.05) is 24.8 Å². The lowest BCUT2D eigenvalue weighted by molar-refractivity contribution is 0.937. The molecule has 0 spiro atoms. The van der Waals surface area contributed by atoms with Gasteiger partial charge in [-0.05, 0) is 23.3 Å². The van der Waals surface area contributed by atoms with Gasteiger partial charge in [0.15, 0.2) is 0 Å². The van der Waals surface area contributed by atoms with Crippen LogP contribution in [0.3, 0.4) is 0 Å². The smallest absolute Gasteiger partial charge is 0.0477 e. The summed E-state index contributed by atoms with van der Waals surface area (Å²) in [6.45, 7) is 0. The highest BCUT2D eigenvalue weighted by Crippen LogP contribution is 2.19. The van der Waals surface area contributed by atoms with E-state index in [2.05, 4.69) is 34.9 Å². The van der Waals surface area contributed by atoms with Crippen molar-refractivity contribution in [2.24, 2.45) is 7.05 Å². The second-order valence-corrected chi connectivity index (χ2v) is 3.60. The Bertz CT molecular complexity index is 414. The Morgan fingerprint density at radius 1 is 1.14 bits per heavy atom. The van der Waals surface area contributed by atoms with Crippen molar-refractivity contribution in [1.82, 2.24) is 4.57 Å². The van der Waals surface area contributed by atoms with Crippen LogP contribution >= 0.6 is 11.6 Å². The first-order valence-corrected chi connectivity index (χ1v) is 5.11. The molecule has 0 aliphatic heterocycles. The van der Waals surface area contributed by atoms with Crippen LogP contribution in [0.1, 0.15) is 5.56 Å². The number of hydrogen-bond donors (Lipinski definition) is 0. The molecule has 1 heterocycles. The molecule has 2 aromatic rings. The average Bonchev–Trinajstić information content (AvgIpc) is 2.65. The lowest BCUT2D eigenvalue weighted by atomic mass is 10.1. The van der Waals surface area contributed by atoms with Crippen LogP contribution in [0.2, 0.25) is 0 Å². The summed E-state index contributed by atoms with van der Waals surface area (Å²) in [6, 6.07) is 12.5. The number of benzene rings is 1. The van der Waals surface area contributed by atoms with Crippen molar-refractivity contribution in [3.05, 3.63) is 48.2 Å². The van der Waals surface area contributed by atoms with E-state index in [0.717, 1.165) is 5.56 Å². The van der Waals surface area contributed by atoms with Crippen molar-refractivity contribution in [2.45, 2.75) is 5.88 Å². The Balaban J connectivity index is 2.39. The minimum atomic E-state index is 0.577. The quantitative estimate of drug-likeness (QED) is 0.662. The molecule has 72 valence electrons. The van der Waals surface area contributed by atoms with Crippen molar-refractivity contribution < 1.29 is 0 Å². The Labute approximate surface area is 88.9 Å². The van der Waals surface area contributed by atoms with E-state index in [1.165, 1.54) is 11.3 Å². The third-order valence-corrected chi connectivity index (χ3v) is 2.66. The highest BCUT2D eigenvalue weighted by atomic mass is 35.5. The van der Waals surface area contributed by atoms with Crippen LogP contribution in [-0.4, -0.2) is 4.57 Å². The molecule has 2 rings (SSSR count). The van der Waals surface area contributed by atoms with Crippen molar-refractivity contribution in [3.8, 4) is 11.3 Å². The molecule has 0 fully saturated rings. The number of hydrogen-bond acceptors (Lipinski definition) is 0. The molecule has 0 saturated heterocycles. The van der Waals surface area contributed by atoms with Crippen LogP contribution in [0.25, 0.3) is 11.3 Å². The Hall–Kier alpha value is -1.21. The number of aromatic nitrogens is 1. The van der Waals surface area contributed by atoms with Gasteiger partial charge in [-0.2, -0.15) is 0 Å². The van der Waals surface area contributed by atoms with E-state index in [1.54, 1.807) is 0 Å². The number of halogens is 1. The summed E-state index contributed by atoms with van der Waals surface area (Å²) in [5, 5.41) is 0. The maximum Gasteiger partial charge on any atom is 0.0477 e. The zero-order valence-electron chi connectivity index (χ0n) is 8.07. The van der Waals surface area contributed by atoms with Gasteiger partial charge in [0.2, 0.25) is 0 Å². The van der Waals surface area contributed by atoms with Crippen molar-refractivity contribution in [1.29, 1.82) is 0 Å². The molecule has 14 heavy (non-hydrogen) atoms. The predicted molar refractivity (Wildman–Crippen MR) is 60.4 cm³/mol. The third kappa shape index (κ3) is 1.68. The number of alkyl halides is 1. The van der Waals surface area contributed by atoms with Crippen LogP contribution in [0.5, 0.6) is 0 Å². The fourth-order valence-electron chi connectivity index (χ4n) is 1.53. The lowest BCUT2D eigenvalue weighted by Gasteiger charge is -2.03. The topological polar surface area (TPSA) is 4.93 Å². The highest BCUT2D eigenvalue weighted by Gasteiger charge is 2.00. The molecule has 1 aromatic carbocycles. The minimum Gasteiger partial charge on any atom is -0.351 e. The molecule has 2 heteroatoms. The van der Waals surface area contributed by atoms with Gasteiger partial charge in [0.05, 0.1) is 0 Å². The number of aryl methyl sites for hydroxylation is 1. The van der Waals surface area contributed by atoms with Crippen molar-refractivity contribution in [3.63, 3.8) is 0 Å². The van der Waals surface area contributed by atoms with E-state index in [-0.39, 0.29) is 0 Å². The molecular weight excluding hydrogens is 194 g/mol. The minimum absolute atomic E-state index is 0.577. The van der Waals surface area contributed by atoms with Crippen LogP contribution in [-0.2, 0) is 12.9 Å². The summed E-state index contributed by atoms with van der Waals surface area (Å²) in [7, 11) is 2.05. The maximum absolute atomic E-state index is 5.73. The molecule has 1 aromatic heterocycles. The van der Waals surface area contributed by atoms with Gasteiger partial charge in [-0.1, -0.05) is 24.3 Å². The SMILES string of the molecule is Cn1cccc1-c1ccc(CCl)cc1. The molecule has 0 atom stereocenters. The molecule has 1 nitrogen and oxygen atoms in total. The zero-order valence-corrected chi connectivity index (χ0v) is 8.83. The lowest BCUT2D eigenvalue weighted by Crippen LogP contribution is -1.89. The second-order valence-electron chi connectivity index (χ2n) is 3.33. The first-order chi connectivity index (χ1) is 6.81. The molecule has 0 amide bonds. The van der Waals surface area contributed by atoms with Gasteiger partial charge in [-0.25, -0.2) is 0 Å². The molecular formula is C12H12ClN. The number of nitrogens with zero attached hydrogens (tertiary/aromatic N) is 1. The molecule has 0 bridgehead atoms. The summed E-state index contributed by atoms with van der Waals surface area (Å²) in [6.07, 6.45) is 2.05. The number of rotatable bonds is 2. The molecule has 0 aliphatic carbocycles. The second kappa shape index (κ2) is 3.89. The summed E-state index contributed by atoms with van der Waals surface area (Å²) in [5.41, 5.74) is 3.61. The Morgan fingerprint density at radius 3 is 2.36 bits per heavy atom. The molecule has 0 saturated carbocycles. The van der Waals surface area contributed by atoms with Crippen LogP contribution in [0, 0.1) is 0 Å². The molecule has 0 radical (unpaired) electrons. The molecule has 0 N–H and O–H groups in total. The van der Waals surface area contributed by atoms with Crippen LogP contribution in [0.15, 0.2) is 42.6 Å². The van der Waals surface area contributed by atoms with E-state index in [0.29, 0.717) is 5.88 Å². The largest absolute Gasteiger partial charge is 0.351 e. The van der Waals surface area contributed by atoms with Gasteiger partial charge in [-0.15, -0.1) is 11.6 Å². The highest BCUT2D eigenvalue weighted by molar-refractivity contribution is 6.17. The van der Waals surface area contributed by atoms with Crippen molar-refractivity contribution >= 4 is 11.6 Å². The fraction of sp³-hybridized carbons (Fsp3) is 0.167. The molecule has 0 unspecified atom stereocenters. The van der Waals surface area contributed by atoms with Crippen molar-refractivity contribution in [2.75, 3.05) is 0 Å². The summed E-state index contributed by atoms with van der Waals surface area (Å²) >= 11 is 5.73. The monoisotopic (exact) mass is 205 g/mol. The summed E-state index contributed by atoms with van der Waals surface area (Å²) < 4.78 is 2.11. The van der Waals surface area contributed by atoms with E-state index < -0.39 is 0 Å². The van der Waals surface area contributed by atoms with Gasteiger partial charge < -0.3 is 4.57 Å². The summed E-state index contributed by atoms with van der Waals surface area (Å²) in [4.78, 5) is 0. The van der Waals surface area contributed by atoms with Gasteiger partial charge >= 0.3 is 0 Å². The first-order valence-electron chi connectivity index (χ1n) is 4.58. The van der Waals surface area contributed by atoms with E-state index >= 15 is 0 Å². The van der Waals surface area contributed by atoms with Crippen LogP contribution in [0.4, 0.5) is 0 Å². The Kier molecular flexibility index (Phi) is 2.60. The van der Waals surface area contributed by atoms with E-state index in [4.69, 9.17) is 11.6 Å². The van der Waals surface area contributed by atoms with Gasteiger partial charge in [-0.3, -0.25) is 0 Å². The third-order valence-electron chi connectivity index (χ3n) is 2.35. The van der Waals surface area contributed by atoms with E-state index in [9.17, 15) is 0 Å². The standard InChI is InChI=1S/C12H12ClN/c1-14-8-2-3-12(14)11-6-4-10(9-13)5-7-11/h2-8H,9H2,1H3. The normalized spacial score (nSPS) is 10.4. The van der Waals surface area contributed by atoms with E-state index in [1.807, 2.05) is 19.3 Å². The summed E-state index contributed by atoms with van der Waals surface area (Å²) in [5.74, 6) is 0.577. The van der Waals surface area contributed by atoms with Gasteiger partial charge in [0.1, 0.15) is 0 Å². The van der Waals surface area contributed by atoms with Crippen LogP contribution < -0.4 is 0 Å². The fourth-order valence-corrected chi connectivity index (χ4v) is 1.70. The molecule has 0 aliphatic rings. The first kappa shape index (κ1) is 9.35. The van der Waals surface area contributed by atoms with Gasteiger partial charge in [0.25, 0.3) is 0 Å². The Morgan fingerprint density at radius 2 is 1.86 bits per heavy atom.